The van der Waals surface area contributed by atoms with Crippen molar-refractivity contribution in [2.45, 2.75) is 418 Å². The minimum atomic E-state index is -4.64. The molecule has 0 radical (unpaired) electrons. The Kier molecular flexibility index (Phi) is 71.6. The summed E-state index contributed by atoms with van der Waals surface area (Å²) >= 11 is 0. The Balaban J connectivity index is 3.89. The molecule has 0 amide bonds. The summed E-state index contributed by atoms with van der Waals surface area (Å²) in [6.07, 6.45) is 96.8. The van der Waals surface area contributed by atoms with E-state index in [1.807, 2.05) is 21.1 Å². The Bertz CT molecular complexity index is 1690. The van der Waals surface area contributed by atoms with Crippen LogP contribution in [-0.2, 0) is 32.7 Å². The molecule has 0 heterocycles. The number of hydrogen-bond acceptors (Lipinski definition) is 8. The van der Waals surface area contributed by atoms with Gasteiger partial charge in [-0.15, -0.1) is 0 Å². The van der Waals surface area contributed by atoms with Gasteiger partial charge in [-0.2, -0.15) is 0 Å². The smallest absolute Gasteiger partial charge is 0.306 e. The van der Waals surface area contributed by atoms with Crippen molar-refractivity contribution in [3.05, 3.63) is 48.6 Å². The first kappa shape index (κ1) is 90.0. The Morgan fingerprint density at radius 1 is 0.348 bits per heavy atom. The number of esters is 2. The van der Waals surface area contributed by atoms with Crippen molar-refractivity contribution in [1.29, 1.82) is 0 Å². The maximum atomic E-state index is 12.9. The third-order valence-electron chi connectivity index (χ3n) is 18.4. The summed E-state index contributed by atoms with van der Waals surface area (Å²) < 4.78 is 34.4. The van der Waals surface area contributed by atoms with Gasteiger partial charge in [0.25, 0.3) is 7.82 Å². The molecular weight excluding hydrogens is 1160 g/mol. The highest BCUT2D eigenvalue weighted by molar-refractivity contribution is 7.45. The predicted molar refractivity (Wildman–Crippen MR) is 397 cm³/mol. The maximum Gasteiger partial charge on any atom is 0.306 e. The zero-order valence-corrected chi connectivity index (χ0v) is 62.9. The fraction of sp³-hybridized carbons (Fsp3) is 0.878. The van der Waals surface area contributed by atoms with E-state index in [-0.39, 0.29) is 32.0 Å². The van der Waals surface area contributed by atoms with E-state index >= 15 is 0 Å². The summed E-state index contributed by atoms with van der Waals surface area (Å²) in [4.78, 5) is 38.2. The predicted octanol–water partition coefficient (Wildman–Crippen LogP) is 26.1. The van der Waals surface area contributed by atoms with E-state index in [1.165, 1.54) is 321 Å². The number of phosphoric acid groups is 1. The molecule has 0 aliphatic heterocycles. The second kappa shape index (κ2) is 73.2. The lowest BCUT2D eigenvalue weighted by Gasteiger charge is -2.28. The summed E-state index contributed by atoms with van der Waals surface area (Å²) in [5.41, 5.74) is 0. The van der Waals surface area contributed by atoms with Gasteiger partial charge in [0.05, 0.1) is 27.7 Å². The zero-order valence-electron chi connectivity index (χ0n) is 62.0. The molecular formula is C82H156NO8P. The number of unbranched alkanes of at least 4 members (excludes halogenated alkanes) is 54. The van der Waals surface area contributed by atoms with Crippen molar-refractivity contribution in [3.63, 3.8) is 0 Å². The SMILES string of the molecule is CC/C=C\C/C=C\C/C=C\C/C=C\CCCCCCCCCCCCCCCCCCCCCCCCCCC(=O)OC(COC(=O)CCCCCCCCCCCCCCCCCCCCCCCCCCCCCCCCC)COP(=O)([O-])OCC[N+](C)(C)C. The first-order chi connectivity index (χ1) is 45.0. The van der Waals surface area contributed by atoms with Gasteiger partial charge in [0.1, 0.15) is 19.8 Å². The first-order valence-electron chi connectivity index (χ1n) is 40.3. The minimum absolute atomic E-state index is 0.0272. The number of quaternary nitrogens is 1. The van der Waals surface area contributed by atoms with Crippen LogP contribution in [0.25, 0.3) is 0 Å². The molecule has 0 rings (SSSR count). The summed E-state index contributed by atoms with van der Waals surface area (Å²) in [6, 6.07) is 0. The van der Waals surface area contributed by atoms with Crippen molar-refractivity contribution < 1.29 is 42.1 Å². The molecule has 10 heteroatoms. The average molecular weight is 1320 g/mol. The van der Waals surface area contributed by atoms with Gasteiger partial charge < -0.3 is 27.9 Å². The quantitative estimate of drug-likeness (QED) is 0.0195. The molecule has 0 bridgehead atoms. The maximum absolute atomic E-state index is 12.9. The molecule has 542 valence electrons. The van der Waals surface area contributed by atoms with Gasteiger partial charge in [0.15, 0.2) is 6.10 Å². The number of nitrogens with zero attached hydrogens (tertiary/aromatic N) is 1. The number of carbonyl (C=O) groups excluding carboxylic acids is 2. The second-order valence-electron chi connectivity index (χ2n) is 28.8. The Labute approximate surface area is 573 Å². The molecule has 0 aromatic rings. The van der Waals surface area contributed by atoms with Crippen LogP contribution in [0.3, 0.4) is 0 Å². The van der Waals surface area contributed by atoms with Gasteiger partial charge in [-0.05, 0) is 51.4 Å². The fourth-order valence-corrected chi connectivity index (χ4v) is 13.0. The number of hydrogen-bond donors (Lipinski definition) is 0. The molecule has 0 aromatic heterocycles. The van der Waals surface area contributed by atoms with E-state index in [9.17, 15) is 19.0 Å². The van der Waals surface area contributed by atoms with Crippen molar-refractivity contribution in [3.8, 4) is 0 Å². The molecule has 9 nitrogen and oxygen atoms in total. The highest BCUT2D eigenvalue weighted by atomic mass is 31.2. The van der Waals surface area contributed by atoms with Crippen molar-refractivity contribution in [2.24, 2.45) is 0 Å². The number of carbonyl (C=O) groups is 2. The van der Waals surface area contributed by atoms with E-state index in [2.05, 4.69) is 62.5 Å². The molecule has 2 unspecified atom stereocenters. The van der Waals surface area contributed by atoms with Gasteiger partial charge in [-0.25, -0.2) is 0 Å². The van der Waals surface area contributed by atoms with E-state index in [0.29, 0.717) is 17.4 Å². The fourth-order valence-electron chi connectivity index (χ4n) is 12.2. The number of likely N-dealkylation sites (N-methyl/N-ethyl adjacent to an activating group) is 1. The van der Waals surface area contributed by atoms with Crippen LogP contribution >= 0.6 is 7.82 Å². The molecule has 0 aliphatic carbocycles. The van der Waals surface area contributed by atoms with Gasteiger partial charge in [-0.3, -0.25) is 14.2 Å². The summed E-state index contributed by atoms with van der Waals surface area (Å²) in [6.45, 7) is 4.21. The average Bonchev–Trinajstić information content (AvgIpc) is 2.34. The number of phosphoric ester groups is 1. The number of ether oxygens (including phenoxy) is 2. The third-order valence-corrected chi connectivity index (χ3v) is 19.3. The highest BCUT2D eigenvalue weighted by Gasteiger charge is 2.22. The highest BCUT2D eigenvalue weighted by Crippen LogP contribution is 2.38. The van der Waals surface area contributed by atoms with Crippen LogP contribution in [0.2, 0.25) is 0 Å². The molecule has 0 aliphatic rings. The van der Waals surface area contributed by atoms with Gasteiger partial charge in [-0.1, -0.05) is 396 Å². The topological polar surface area (TPSA) is 111 Å². The number of allylic oxidation sites excluding steroid dienone is 8. The second-order valence-corrected chi connectivity index (χ2v) is 30.2. The van der Waals surface area contributed by atoms with E-state index in [0.717, 1.165) is 57.8 Å². The van der Waals surface area contributed by atoms with Crippen molar-refractivity contribution >= 4 is 19.8 Å². The molecule has 0 saturated heterocycles. The molecule has 0 aromatic carbocycles. The Morgan fingerprint density at radius 2 is 0.620 bits per heavy atom. The zero-order chi connectivity index (χ0) is 66.9. The van der Waals surface area contributed by atoms with Gasteiger partial charge in [0.2, 0.25) is 0 Å². The molecule has 2 atom stereocenters. The normalized spacial score (nSPS) is 13.2. The van der Waals surface area contributed by atoms with E-state index in [4.69, 9.17) is 18.5 Å². The standard InChI is InChI=1S/C82H156NO8P/c1-6-8-10-12-14-16-18-20-22-24-26-28-30-32-34-36-38-39-40-41-42-43-45-47-49-51-53-55-57-59-61-63-65-67-69-71-73-75-82(85)91-80(79-90-92(86,87)89-77-76-83(3,4)5)78-88-81(84)74-72-70-68-66-64-62-60-58-56-54-52-50-48-46-44-37-35-33-31-29-27-25-23-21-19-17-15-13-11-9-7-2/h8,10,14,16,20,22,26,28,80H,6-7,9,11-13,15,17-19,21,23-25,27,29-79H2,1-5H3/b10-8-,16-14-,22-20-,28-26-. The Morgan fingerprint density at radius 3 is 0.924 bits per heavy atom. The van der Waals surface area contributed by atoms with Crippen molar-refractivity contribution in [1.82, 2.24) is 0 Å². The lowest BCUT2D eigenvalue weighted by molar-refractivity contribution is -0.870. The van der Waals surface area contributed by atoms with Crippen LogP contribution in [0.1, 0.15) is 412 Å². The summed E-state index contributed by atoms with van der Waals surface area (Å²) in [5.74, 6) is -0.806. The van der Waals surface area contributed by atoms with Gasteiger partial charge >= 0.3 is 11.9 Å². The number of rotatable bonds is 76. The first-order valence-corrected chi connectivity index (χ1v) is 41.8. The van der Waals surface area contributed by atoms with Crippen LogP contribution < -0.4 is 4.89 Å². The van der Waals surface area contributed by atoms with Crippen LogP contribution in [0.5, 0.6) is 0 Å². The summed E-state index contributed by atoms with van der Waals surface area (Å²) in [5, 5.41) is 0. The van der Waals surface area contributed by atoms with Crippen LogP contribution in [0, 0.1) is 0 Å². The van der Waals surface area contributed by atoms with Crippen LogP contribution in [-0.4, -0.2) is 70.0 Å². The molecule has 0 spiro atoms. The molecule has 0 saturated carbocycles. The van der Waals surface area contributed by atoms with Crippen LogP contribution in [0.4, 0.5) is 0 Å². The van der Waals surface area contributed by atoms with Crippen molar-refractivity contribution in [2.75, 3.05) is 47.5 Å². The van der Waals surface area contributed by atoms with E-state index in [1.54, 1.807) is 0 Å². The van der Waals surface area contributed by atoms with Gasteiger partial charge in [0, 0.05) is 12.8 Å². The molecule has 0 fully saturated rings. The molecule has 0 N–H and O–H groups in total. The largest absolute Gasteiger partial charge is 0.756 e. The minimum Gasteiger partial charge on any atom is -0.756 e. The molecule has 92 heavy (non-hydrogen) atoms. The lowest BCUT2D eigenvalue weighted by atomic mass is 10.0. The Hall–Kier alpha value is -2.03. The summed E-state index contributed by atoms with van der Waals surface area (Å²) in [7, 11) is 1.19. The monoisotopic (exact) mass is 1310 g/mol. The lowest BCUT2D eigenvalue weighted by Crippen LogP contribution is -2.37. The van der Waals surface area contributed by atoms with Crippen LogP contribution in [0.15, 0.2) is 48.6 Å². The third kappa shape index (κ3) is 77.0. The van der Waals surface area contributed by atoms with E-state index < -0.39 is 26.5 Å².